The fourth-order valence-corrected chi connectivity index (χ4v) is 3.55. The van der Waals surface area contributed by atoms with E-state index in [-0.39, 0.29) is 11.9 Å². The fraction of sp³-hybridized carbons (Fsp3) is 0.579. The zero-order chi connectivity index (χ0) is 20.7. The average molecular weight is 397 g/mol. The van der Waals surface area contributed by atoms with Crippen molar-refractivity contribution in [3.63, 3.8) is 0 Å². The number of rotatable bonds is 7. The van der Waals surface area contributed by atoms with E-state index in [0.717, 1.165) is 43.2 Å². The third kappa shape index (κ3) is 5.05. The van der Waals surface area contributed by atoms with Crippen molar-refractivity contribution >= 4 is 12.0 Å². The average Bonchev–Trinajstić information content (AvgIpc) is 2.72. The molecule has 28 heavy (non-hydrogen) atoms. The van der Waals surface area contributed by atoms with Gasteiger partial charge in [0.25, 0.3) is 5.91 Å². The summed E-state index contributed by atoms with van der Waals surface area (Å²) in [5.41, 5.74) is 1.05. The van der Waals surface area contributed by atoms with Gasteiger partial charge in [0.05, 0.1) is 34.0 Å². The number of amides is 2. The lowest BCUT2D eigenvalue weighted by atomic mass is 10.1. The summed E-state index contributed by atoms with van der Waals surface area (Å²) in [7, 11) is 6.06. The first kappa shape index (κ1) is 21.8. The highest BCUT2D eigenvalue weighted by Crippen LogP contribution is 2.39. The van der Waals surface area contributed by atoms with Gasteiger partial charge in [-0.2, -0.15) is 0 Å². The van der Waals surface area contributed by atoms with Crippen LogP contribution in [0.4, 0.5) is 4.79 Å². The Morgan fingerprint density at radius 1 is 1.00 bits per heavy atom. The molecule has 1 aromatic rings. The van der Waals surface area contributed by atoms with Crippen molar-refractivity contribution in [3.8, 4) is 17.2 Å². The van der Waals surface area contributed by atoms with E-state index in [1.165, 1.54) is 12.0 Å². The van der Waals surface area contributed by atoms with Gasteiger partial charge in [-0.1, -0.05) is 0 Å². The summed E-state index contributed by atoms with van der Waals surface area (Å²) >= 11 is 0. The molecule has 9 heteroatoms. The molecule has 0 saturated carbocycles. The normalized spacial score (nSPS) is 20.0. The number of imide groups is 1. The van der Waals surface area contributed by atoms with Crippen LogP contribution in [0.15, 0.2) is 12.1 Å². The van der Waals surface area contributed by atoms with Crippen molar-refractivity contribution in [3.05, 3.63) is 17.7 Å². The van der Waals surface area contributed by atoms with Crippen LogP contribution in [0.3, 0.4) is 0 Å². The Labute approximate surface area is 165 Å². The molecule has 1 aromatic carbocycles. The third-order valence-corrected chi connectivity index (χ3v) is 5.24. The van der Waals surface area contributed by atoms with Gasteiger partial charge in [-0.15, -0.1) is 0 Å². The van der Waals surface area contributed by atoms with Crippen molar-refractivity contribution in [2.24, 2.45) is 0 Å². The lowest BCUT2D eigenvalue weighted by Crippen LogP contribution is -3.29. The number of hydrogen-bond donors (Lipinski definition) is 3. The maximum Gasteiger partial charge on any atom is 0.413 e. The van der Waals surface area contributed by atoms with E-state index in [9.17, 15) is 9.59 Å². The molecule has 0 spiro atoms. The first-order valence-corrected chi connectivity index (χ1v) is 9.29. The van der Waals surface area contributed by atoms with Crippen molar-refractivity contribution in [1.82, 2.24) is 5.32 Å². The Hall–Kier alpha value is -2.52. The van der Waals surface area contributed by atoms with Gasteiger partial charge in [-0.3, -0.25) is 10.1 Å². The standard InChI is InChI=1S/C19H29N3O6/c1-13(18(23)20-19(24)28-5)22-10-8-21(9-11-22)12-14-6-7-15(25-2)17(27-4)16(14)26-3/h6-7,13H,8-12H2,1-5H3,(H,20,23,24)/p+2/t13-/m1/s1. The summed E-state index contributed by atoms with van der Waals surface area (Å²) in [5.74, 6) is 1.61. The number of ether oxygens (including phenoxy) is 4. The second kappa shape index (κ2) is 10.1. The first-order chi connectivity index (χ1) is 13.4. The molecule has 0 aromatic heterocycles. The van der Waals surface area contributed by atoms with Gasteiger partial charge in [0.2, 0.25) is 5.75 Å². The molecule has 0 radical (unpaired) electrons. The maximum absolute atomic E-state index is 12.1. The highest BCUT2D eigenvalue weighted by atomic mass is 16.5. The van der Waals surface area contributed by atoms with Crippen LogP contribution >= 0.6 is 0 Å². The van der Waals surface area contributed by atoms with Gasteiger partial charge < -0.3 is 28.7 Å². The van der Waals surface area contributed by atoms with Gasteiger partial charge in [0, 0.05) is 0 Å². The van der Waals surface area contributed by atoms with Crippen molar-refractivity contribution in [2.75, 3.05) is 54.6 Å². The number of methoxy groups -OCH3 is 4. The number of nitrogens with one attached hydrogen (secondary N) is 3. The monoisotopic (exact) mass is 397 g/mol. The summed E-state index contributed by atoms with van der Waals surface area (Å²) in [6.45, 7) is 6.10. The maximum atomic E-state index is 12.1. The van der Waals surface area contributed by atoms with Gasteiger partial charge in [0.1, 0.15) is 32.7 Å². The molecule has 0 unspecified atom stereocenters. The minimum atomic E-state index is -0.721. The van der Waals surface area contributed by atoms with E-state index in [1.54, 1.807) is 21.3 Å². The Balaban J connectivity index is 1.97. The number of benzene rings is 1. The Morgan fingerprint density at radius 2 is 1.64 bits per heavy atom. The van der Waals surface area contributed by atoms with Gasteiger partial charge >= 0.3 is 6.09 Å². The van der Waals surface area contributed by atoms with Crippen LogP contribution in [0.1, 0.15) is 12.5 Å². The summed E-state index contributed by atoms with van der Waals surface area (Å²) < 4.78 is 20.8. The lowest BCUT2D eigenvalue weighted by molar-refractivity contribution is -1.02. The van der Waals surface area contributed by atoms with Crippen LogP contribution in [-0.4, -0.2) is 72.7 Å². The van der Waals surface area contributed by atoms with E-state index in [1.807, 2.05) is 19.1 Å². The van der Waals surface area contributed by atoms with Crippen LogP contribution in [0, 0.1) is 0 Å². The summed E-state index contributed by atoms with van der Waals surface area (Å²) in [6, 6.07) is 3.58. The van der Waals surface area contributed by atoms with Crippen LogP contribution < -0.4 is 29.3 Å². The molecule has 2 rings (SSSR count). The van der Waals surface area contributed by atoms with Gasteiger partial charge in [-0.25, -0.2) is 4.79 Å². The van der Waals surface area contributed by atoms with Crippen LogP contribution in [0.5, 0.6) is 17.2 Å². The second-order valence-electron chi connectivity index (χ2n) is 6.78. The SMILES string of the molecule is COC(=O)NC(=O)[C@@H](C)[NH+]1CC[NH+](Cc2ccc(OC)c(OC)c2OC)CC1. The van der Waals surface area contributed by atoms with Gasteiger partial charge in [0.15, 0.2) is 17.5 Å². The molecule has 1 aliphatic heterocycles. The first-order valence-electron chi connectivity index (χ1n) is 9.29. The van der Waals surface area contributed by atoms with Crippen molar-refractivity contribution in [2.45, 2.75) is 19.5 Å². The molecule has 1 fully saturated rings. The Kier molecular flexibility index (Phi) is 7.89. The van der Waals surface area contributed by atoms with Crippen molar-refractivity contribution < 1.29 is 38.3 Å². The molecular weight excluding hydrogens is 366 g/mol. The molecule has 0 aliphatic carbocycles. The number of carbonyl (C=O) groups excluding carboxylic acids is 2. The number of piperazine rings is 1. The predicted molar refractivity (Wildman–Crippen MR) is 101 cm³/mol. The van der Waals surface area contributed by atoms with Crippen LogP contribution in [0.25, 0.3) is 0 Å². The van der Waals surface area contributed by atoms with E-state index < -0.39 is 6.09 Å². The quantitative estimate of drug-likeness (QED) is 0.506. The molecule has 1 aliphatic rings. The number of carbonyl (C=O) groups is 2. The van der Waals surface area contributed by atoms with E-state index >= 15 is 0 Å². The van der Waals surface area contributed by atoms with Crippen molar-refractivity contribution in [1.29, 1.82) is 0 Å². The highest BCUT2D eigenvalue weighted by molar-refractivity contribution is 5.93. The summed E-state index contributed by atoms with van der Waals surface area (Å²) in [4.78, 5) is 25.9. The zero-order valence-corrected chi connectivity index (χ0v) is 17.2. The third-order valence-electron chi connectivity index (χ3n) is 5.24. The molecule has 2 amide bonds. The molecular formula is C19H31N3O6+2. The molecule has 1 heterocycles. The Bertz CT molecular complexity index is 688. The zero-order valence-electron chi connectivity index (χ0n) is 17.2. The molecule has 156 valence electrons. The molecule has 1 saturated heterocycles. The smallest absolute Gasteiger partial charge is 0.413 e. The van der Waals surface area contributed by atoms with Crippen LogP contribution in [0.2, 0.25) is 0 Å². The lowest BCUT2D eigenvalue weighted by Gasteiger charge is -2.32. The number of quaternary nitrogens is 2. The summed E-state index contributed by atoms with van der Waals surface area (Å²) in [6.07, 6.45) is -0.721. The van der Waals surface area contributed by atoms with Gasteiger partial charge in [-0.05, 0) is 19.1 Å². The topological polar surface area (TPSA) is 92.0 Å². The number of hydrogen-bond acceptors (Lipinski definition) is 6. The van der Waals surface area contributed by atoms with E-state index in [2.05, 4.69) is 10.1 Å². The predicted octanol–water partition coefficient (Wildman–Crippen LogP) is -1.73. The molecule has 3 N–H and O–H groups in total. The number of alkyl carbamates (subject to hydrolysis) is 1. The van der Waals surface area contributed by atoms with E-state index in [4.69, 9.17) is 14.2 Å². The molecule has 0 bridgehead atoms. The summed E-state index contributed by atoms with van der Waals surface area (Å²) in [5, 5.41) is 2.25. The minimum Gasteiger partial charge on any atom is -0.493 e. The fourth-order valence-electron chi connectivity index (χ4n) is 3.55. The highest BCUT2D eigenvalue weighted by Gasteiger charge is 2.32. The van der Waals surface area contributed by atoms with E-state index in [0.29, 0.717) is 17.2 Å². The van der Waals surface area contributed by atoms with Crippen LogP contribution in [-0.2, 0) is 16.1 Å². The molecule has 1 atom stereocenters. The largest absolute Gasteiger partial charge is 0.493 e. The minimum absolute atomic E-state index is 0.309. The Morgan fingerprint density at radius 3 is 2.18 bits per heavy atom. The molecule has 9 nitrogen and oxygen atoms in total. The second-order valence-corrected chi connectivity index (χ2v) is 6.78.